The van der Waals surface area contributed by atoms with Gasteiger partial charge >= 0.3 is 17.8 Å². The van der Waals surface area contributed by atoms with Crippen molar-refractivity contribution in [2.75, 3.05) is 6.79 Å². The van der Waals surface area contributed by atoms with Crippen molar-refractivity contribution in [1.82, 2.24) is 0 Å². The van der Waals surface area contributed by atoms with Crippen molar-refractivity contribution in [3.05, 3.63) is 93.1 Å². The first kappa shape index (κ1) is 28.3. The molecule has 0 heterocycles. The van der Waals surface area contributed by atoms with E-state index in [0.29, 0.717) is 5.57 Å². The fourth-order valence-corrected chi connectivity index (χ4v) is 3.86. The van der Waals surface area contributed by atoms with Gasteiger partial charge in [-0.1, -0.05) is 67.5 Å². The highest BCUT2D eigenvalue weighted by atomic mass is 16.8. The number of ether oxygens (including phenoxy) is 3. The molecule has 1 aliphatic rings. The molecule has 0 saturated carbocycles. The lowest BCUT2D eigenvalue weighted by Gasteiger charge is -2.32. The summed E-state index contributed by atoms with van der Waals surface area (Å²) in [6, 6.07) is 5.35. The molecule has 0 amide bonds. The molecule has 0 radical (unpaired) electrons. The Labute approximate surface area is 211 Å². The van der Waals surface area contributed by atoms with Gasteiger partial charge in [0.1, 0.15) is 0 Å². The van der Waals surface area contributed by atoms with Crippen LogP contribution in [0.3, 0.4) is 0 Å². The van der Waals surface area contributed by atoms with Gasteiger partial charge in [0.15, 0.2) is 0 Å². The number of hydrogen-bond acceptors (Lipinski definition) is 7. The van der Waals surface area contributed by atoms with Crippen LogP contribution in [0.4, 0.5) is 10.5 Å². The molecule has 0 unspecified atom stereocenters. The third-order valence-electron chi connectivity index (χ3n) is 5.75. The molecule has 0 atom stereocenters. The molecule has 0 spiro atoms. The second-order valence-corrected chi connectivity index (χ2v) is 9.23. The molecule has 8 heteroatoms. The molecule has 192 valence electrons. The van der Waals surface area contributed by atoms with Crippen LogP contribution < -0.4 is 4.74 Å². The lowest BCUT2D eigenvalue weighted by atomic mass is 9.72. The summed E-state index contributed by atoms with van der Waals surface area (Å²) in [7, 11) is 0. The summed E-state index contributed by atoms with van der Waals surface area (Å²) in [5.74, 6) is -0.981. The Morgan fingerprint density at radius 1 is 1.11 bits per heavy atom. The van der Waals surface area contributed by atoms with Gasteiger partial charge in [0, 0.05) is 12.1 Å². The molecular formula is C28H33NO7. The largest absolute Gasteiger partial charge is 0.517 e. The van der Waals surface area contributed by atoms with E-state index in [4.69, 9.17) is 9.47 Å². The second-order valence-electron chi connectivity index (χ2n) is 9.23. The van der Waals surface area contributed by atoms with Crippen molar-refractivity contribution in [2.45, 2.75) is 53.9 Å². The van der Waals surface area contributed by atoms with Crippen molar-refractivity contribution in [2.24, 2.45) is 5.41 Å². The lowest BCUT2D eigenvalue weighted by molar-refractivity contribution is -0.385. The predicted octanol–water partition coefficient (Wildman–Crippen LogP) is 7.14. The number of nitro benzene ring substituents is 1. The van der Waals surface area contributed by atoms with Gasteiger partial charge in [0.05, 0.1) is 4.92 Å². The normalized spacial score (nSPS) is 16.4. The number of benzene rings is 1. The first-order chi connectivity index (χ1) is 17.0. The fourth-order valence-electron chi connectivity index (χ4n) is 3.86. The van der Waals surface area contributed by atoms with E-state index in [9.17, 15) is 19.7 Å². The average Bonchev–Trinajstić information content (AvgIpc) is 2.78. The quantitative estimate of drug-likeness (QED) is 0.0681. The topological polar surface area (TPSA) is 105 Å². The summed E-state index contributed by atoms with van der Waals surface area (Å²) in [5.41, 5.74) is 4.37. The number of allylic oxidation sites excluding steroid dienone is 9. The van der Waals surface area contributed by atoms with Crippen LogP contribution in [-0.4, -0.2) is 23.8 Å². The minimum absolute atomic E-state index is 0.189. The molecule has 0 bridgehead atoms. The first-order valence-electron chi connectivity index (χ1n) is 11.7. The lowest BCUT2D eigenvalue weighted by Crippen LogP contribution is -2.19. The first-order valence-corrected chi connectivity index (χ1v) is 11.7. The number of hydrogen-bond donors (Lipinski definition) is 0. The Kier molecular flexibility index (Phi) is 10.4. The van der Waals surface area contributed by atoms with Crippen LogP contribution >= 0.6 is 0 Å². The van der Waals surface area contributed by atoms with Crippen molar-refractivity contribution < 1.29 is 28.7 Å². The summed E-state index contributed by atoms with van der Waals surface area (Å²) < 4.78 is 14.3. The average molecular weight is 496 g/mol. The zero-order valence-electron chi connectivity index (χ0n) is 21.4. The number of nitro groups is 1. The predicted molar refractivity (Wildman–Crippen MR) is 137 cm³/mol. The highest BCUT2D eigenvalue weighted by Gasteiger charge is 2.26. The van der Waals surface area contributed by atoms with E-state index in [-0.39, 0.29) is 16.9 Å². The summed E-state index contributed by atoms with van der Waals surface area (Å²) in [6.07, 6.45) is 13.5. The SMILES string of the molecule is CC(C=CC1=C(C)CCCC1(C)C)=CC=CC(C)=CC(=O)OCOC(=O)Oc1ccccc1[N+](=O)[O-]. The maximum atomic E-state index is 11.9. The molecule has 0 fully saturated rings. The van der Waals surface area contributed by atoms with Gasteiger partial charge in [-0.15, -0.1) is 0 Å². The van der Waals surface area contributed by atoms with Crippen molar-refractivity contribution >= 4 is 17.8 Å². The third kappa shape index (κ3) is 9.02. The Morgan fingerprint density at radius 2 is 1.83 bits per heavy atom. The van der Waals surface area contributed by atoms with Gasteiger partial charge in [-0.05, 0) is 62.7 Å². The third-order valence-corrected chi connectivity index (χ3v) is 5.75. The zero-order chi connectivity index (χ0) is 26.7. The van der Waals surface area contributed by atoms with Crippen LogP contribution in [-0.2, 0) is 14.3 Å². The zero-order valence-corrected chi connectivity index (χ0v) is 21.4. The van der Waals surface area contributed by atoms with Gasteiger partial charge in [0.25, 0.3) is 0 Å². The monoisotopic (exact) mass is 495 g/mol. The Hall–Kier alpha value is -3.94. The highest BCUT2D eigenvalue weighted by molar-refractivity contribution is 5.83. The summed E-state index contributed by atoms with van der Waals surface area (Å²) in [6.45, 7) is 9.83. The van der Waals surface area contributed by atoms with E-state index in [2.05, 4.69) is 37.7 Å². The summed E-state index contributed by atoms with van der Waals surface area (Å²) in [4.78, 5) is 33.9. The standard InChI is InChI=1S/C28H33NO7/c1-20(15-16-23-22(3)12-9-17-28(23,4)5)10-8-11-21(2)18-26(30)34-19-35-27(31)36-25-14-7-6-13-24(25)29(32)33/h6-8,10-11,13-16,18H,9,12,17,19H2,1-5H3. The van der Waals surface area contributed by atoms with E-state index in [1.165, 1.54) is 54.3 Å². The maximum Gasteiger partial charge on any atom is 0.517 e. The Morgan fingerprint density at radius 3 is 2.53 bits per heavy atom. The van der Waals surface area contributed by atoms with Gasteiger partial charge in [-0.25, -0.2) is 9.59 Å². The van der Waals surface area contributed by atoms with E-state index in [1.807, 2.05) is 19.1 Å². The molecular weight excluding hydrogens is 462 g/mol. The maximum absolute atomic E-state index is 11.9. The van der Waals surface area contributed by atoms with Gasteiger partial charge in [0.2, 0.25) is 12.5 Å². The Bertz CT molecular complexity index is 1140. The van der Waals surface area contributed by atoms with Gasteiger partial charge in [-0.3, -0.25) is 10.1 Å². The van der Waals surface area contributed by atoms with Crippen LogP contribution in [0.5, 0.6) is 5.75 Å². The second kappa shape index (κ2) is 13.2. The van der Waals surface area contributed by atoms with Crippen LogP contribution in [0.25, 0.3) is 0 Å². The van der Waals surface area contributed by atoms with Crippen LogP contribution in [0.1, 0.15) is 53.9 Å². The molecule has 1 aromatic carbocycles. The summed E-state index contributed by atoms with van der Waals surface area (Å²) >= 11 is 0. The van der Waals surface area contributed by atoms with E-state index in [1.54, 1.807) is 13.0 Å². The number of carbonyl (C=O) groups is 2. The number of para-hydroxylation sites is 2. The van der Waals surface area contributed by atoms with Crippen molar-refractivity contribution in [1.29, 1.82) is 0 Å². The van der Waals surface area contributed by atoms with E-state index < -0.39 is 23.8 Å². The molecule has 2 rings (SSSR count). The molecule has 1 aromatic rings. The van der Waals surface area contributed by atoms with Crippen molar-refractivity contribution in [3.8, 4) is 5.75 Å². The minimum atomic E-state index is -1.23. The molecule has 8 nitrogen and oxygen atoms in total. The Balaban J connectivity index is 1.82. The number of nitrogens with zero attached hydrogens (tertiary/aromatic N) is 1. The molecule has 36 heavy (non-hydrogen) atoms. The smallest absolute Gasteiger partial charge is 0.425 e. The number of rotatable bonds is 9. The highest BCUT2D eigenvalue weighted by Crippen LogP contribution is 2.40. The van der Waals surface area contributed by atoms with Crippen molar-refractivity contribution in [3.63, 3.8) is 0 Å². The number of carbonyl (C=O) groups excluding carboxylic acids is 2. The molecule has 0 saturated heterocycles. The van der Waals surface area contributed by atoms with Gasteiger partial charge < -0.3 is 14.2 Å². The molecule has 1 aliphatic carbocycles. The van der Waals surface area contributed by atoms with E-state index >= 15 is 0 Å². The minimum Gasteiger partial charge on any atom is -0.425 e. The van der Waals surface area contributed by atoms with E-state index in [0.717, 1.165) is 12.0 Å². The van der Waals surface area contributed by atoms with Crippen LogP contribution in [0.2, 0.25) is 0 Å². The number of esters is 1. The van der Waals surface area contributed by atoms with Gasteiger partial charge in [-0.2, -0.15) is 0 Å². The summed E-state index contributed by atoms with van der Waals surface area (Å²) in [5, 5.41) is 10.9. The molecule has 0 aliphatic heterocycles. The van der Waals surface area contributed by atoms with Crippen LogP contribution in [0.15, 0.2) is 83.0 Å². The molecule has 0 N–H and O–H groups in total. The van der Waals surface area contributed by atoms with Crippen LogP contribution in [0, 0.1) is 15.5 Å². The fraction of sp³-hybridized carbons (Fsp3) is 0.357. The molecule has 0 aromatic heterocycles.